The second kappa shape index (κ2) is 5.15. The predicted molar refractivity (Wildman–Crippen MR) is 63.4 cm³/mol. The molecule has 0 saturated carbocycles. The van der Waals surface area contributed by atoms with E-state index in [0.29, 0.717) is 5.56 Å². The number of ether oxygens (including phenoxy) is 1. The molecule has 0 unspecified atom stereocenters. The molecule has 98 valence electrons. The topological polar surface area (TPSA) is 99.4 Å². The van der Waals surface area contributed by atoms with Gasteiger partial charge in [-0.3, -0.25) is 0 Å². The average Bonchev–Trinajstić information content (AvgIpc) is 2.35. The first-order valence-corrected chi connectivity index (χ1v) is 5.61. The van der Waals surface area contributed by atoms with Crippen LogP contribution in [0.3, 0.4) is 0 Å². The second-order valence-electron chi connectivity index (χ2n) is 4.16. The third-order valence-corrected chi connectivity index (χ3v) is 3.06. The summed E-state index contributed by atoms with van der Waals surface area (Å²) in [6.45, 7) is -0.152. The summed E-state index contributed by atoms with van der Waals surface area (Å²) in [4.78, 5) is 0. The van der Waals surface area contributed by atoms with Crippen molar-refractivity contribution in [1.82, 2.24) is 0 Å². The van der Waals surface area contributed by atoms with Gasteiger partial charge in [-0.2, -0.15) is 0 Å². The monoisotopic (exact) mass is 254 g/mol. The summed E-state index contributed by atoms with van der Waals surface area (Å²) in [5.41, 5.74) is 0.693. The third-order valence-electron chi connectivity index (χ3n) is 3.06. The van der Waals surface area contributed by atoms with Gasteiger partial charge in [0.25, 0.3) is 0 Å². The highest BCUT2D eigenvalue weighted by Gasteiger charge is 2.35. The van der Waals surface area contributed by atoms with E-state index >= 15 is 0 Å². The van der Waals surface area contributed by atoms with E-state index in [1.807, 2.05) is 0 Å². The molecule has 0 aliphatic carbocycles. The first-order valence-electron chi connectivity index (χ1n) is 5.61. The summed E-state index contributed by atoms with van der Waals surface area (Å²) in [6.07, 6.45) is -1.52. The molecule has 1 atom stereocenters. The van der Waals surface area contributed by atoms with E-state index in [1.165, 1.54) is 7.11 Å². The average molecular weight is 254 g/mol. The Morgan fingerprint density at radius 3 is 2.78 bits per heavy atom. The van der Waals surface area contributed by atoms with E-state index in [0.717, 1.165) is 0 Å². The first-order chi connectivity index (χ1) is 8.58. The zero-order chi connectivity index (χ0) is 13.3. The number of hydrogen-bond donors (Lipinski definition) is 4. The maximum Gasteiger partial charge on any atom is 0.523 e. The molecule has 6 nitrogen and oxygen atoms in total. The molecule has 0 saturated heterocycles. The van der Waals surface area contributed by atoms with Crippen LogP contribution in [0.25, 0.3) is 0 Å². The minimum absolute atomic E-state index is 0.0622. The molecule has 1 aliphatic rings. The van der Waals surface area contributed by atoms with Crippen LogP contribution in [0.1, 0.15) is 23.3 Å². The first kappa shape index (κ1) is 13.2. The van der Waals surface area contributed by atoms with Crippen molar-refractivity contribution >= 4 is 7.12 Å². The molecule has 0 bridgehead atoms. The van der Waals surface area contributed by atoms with Crippen LogP contribution in [0.5, 0.6) is 11.5 Å². The van der Waals surface area contributed by atoms with Crippen molar-refractivity contribution in [2.75, 3.05) is 13.7 Å². The number of aliphatic hydroxyl groups is 3. The van der Waals surface area contributed by atoms with Crippen LogP contribution >= 0.6 is 0 Å². The maximum atomic E-state index is 9.59. The Balaban J connectivity index is 2.57. The highest BCUT2D eigenvalue weighted by Crippen LogP contribution is 2.43. The summed E-state index contributed by atoms with van der Waals surface area (Å²) in [5.74, 6) is 0.129. The number of methoxy groups -OCH3 is 1. The van der Waals surface area contributed by atoms with Crippen molar-refractivity contribution in [3.05, 3.63) is 23.3 Å². The second-order valence-corrected chi connectivity index (χ2v) is 4.16. The van der Waals surface area contributed by atoms with Crippen LogP contribution in [-0.2, 0) is 0 Å². The van der Waals surface area contributed by atoms with E-state index in [4.69, 9.17) is 9.39 Å². The summed E-state index contributed by atoms with van der Waals surface area (Å²) < 4.78 is 10.3. The smallest absolute Gasteiger partial charge is 0.523 e. The van der Waals surface area contributed by atoms with Gasteiger partial charge in [0.2, 0.25) is 0 Å². The van der Waals surface area contributed by atoms with E-state index in [-0.39, 0.29) is 35.9 Å². The van der Waals surface area contributed by atoms with Crippen molar-refractivity contribution in [1.29, 1.82) is 0 Å². The predicted octanol–water partition coefficient (Wildman–Crippen LogP) is -0.373. The molecule has 0 amide bonds. The highest BCUT2D eigenvalue weighted by atomic mass is 16.5. The van der Waals surface area contributed by atoms with E-state index in [2.05, 4.69) is 0 Å². The zero-order valence-corrected chi connectivity index (χ0v) is 9.91. The van der Waals surface area contributed by atoms with Gasteiger partial charge in [0.05, 0.1) is 12.7 Å². The quantitative estimate of drug-likeness (QED) is 0.433. The number of hydrogen-bond acceptors (Lipinski definition) is 6. The van der Waals surface area contributed by atoms with Gasteiger partial charge in [-0.25, -0.2) is 0 Å². The molecule has 0 fully saturated rings. The van der Waals surface area contributed by atoms with Gasteiger partial charge < -0.3 is 29.7 Å². The number of fused-ring (bicyclic) bond motifs is 1. The van der Waals surface area contributed by atoms with Gasteiger partial charge in [-0.15, -0.1) is 0 Å². The third kappa shape index (κ3) is 2.17. The number of rotatable bonds is 3. The van der Waals surface area contributed by atoms with Gasteiger partial charge in [0.1, 0.15) is 11.5 Å². The van der Waals surface area contributed by atoms with Crippen molar-refractivity contribution in [2.45, 2.75) is 18.5 Å². The fourth-order valence-electron chi connectivity index (χ4n) is 2.20. The summed E-state index contributed by atoms with van der Waals surface area (Å²) >= 11 is 0. The Bertz CT molecular complexity index is 436. The molecule has 7 heteroatoms. The van der Waals surface area contributed by atoms with E-state index in [1.54, 1.807) is 12.1 Å². The molecule has 0 radical (unpaired) electrons. The Kier molecular flexibility index (Phi) is 3.77. The molecule has 1 aromatic carbocycles. The molecule has 0 spiro atoms. The lowest BCUT2D eigenvalue weighted by atomic mass is 9.72. The van der Waals surface area contributed by atoms with Crippen molar-refractivity contribution in [3.63, 3.8) is 0 Å². The molecule has 4 N–H and O–H groups in total. The largest absolute Gasteiger partial charge is 0.535 e. The van der Waals surface area contributed by atoms with Gasteiger partial charge in [0, 0.05) is 18.8 Å². The minimum atomic E-state index is -1.78. The molecule has 0 aromatic heterocycles. The number of aliphatic hydroxyl groups excluding tert-OH is 2. The zero-order valence-electron chi connectivity index (χ0n) is 9.91. The van der Waals surface area contributed by atoms with Gasteiger partial charge in [-0.1, -0.05) is 6.07 Å². The van der Waals surface area contributed by atoms with Crippen LogP contribution < -0.4 is 9.39 Å². The molecule has 1 heterocycles. The lowest BCUT2D eigenvalue weighted by Crippen LogP contribution is -2.31. The molecular weight excluding hydrogens is 239 g/mol. The van der Waals surface area contributed by atoms with Gasteiger partial charge in [0.15, 0.2) is 6.29 Å². The Morgan fingerprint density at radius 1 is 1.50 bits per heavy atom. The Morgan fingerprint density at radius 2 is 2.22 bits per heavy atom. The van der Waals surface area contributed by atoms with Crippen molar-refractivity contribution in [2.24, 2.45) is 0 Å². The van der Waals surface area contributed by atoms with Crippen LogP contribution in [0.4, 0.5) is 0 Å². The van der Waals surface area contributed by atoms with E-state index in [9.17, 15) is 20.3 Å². The van der Waals surface area contributed by atoms with Crippen LogP contribution in [0.2, 0.25) is 6.32 Å². The summed E-state index contributed by atoms with van der Waals surface area (Å²) in [5, 5.41) is 37.7. The van der Waals surface area contributed by atoms with Crippen molar-refractivity contribution < 1.29 is 29.7 Å². The summed E-state index contributed by atoms with van der Waals surface area (Å²) in [6, 6.07) is 3.27. The van der Waals surface area contributed by atoms with E-state index < -0.39 is 13.4 Å². The lowest BCUT2D eigenvalue weighted by molar-refractivity contribution is -0.0451. The fourth-order valence-corrected chi connectivity index (χ4v) is 2.20. The molecule has 1 aromatic rings. The lowest BCUT2D eigenvalue weighted by Gasteiger charge is -2.29. The minimum Gasteiger partial charge on any atom is -0.535 e. The van der Waals surface area contributed by atoms with Gasteiger partial charge in [-0.05, 0) is 11.6 Å². The Labute approximate surface area is 105 Å². The number of benzene rings is 1. The van der Waals surface area contributed by atoms with Crippen molar-refractivity contribution in [3.8, 4) is 11.5 Å². The highest BCUT2D eigenvalue weighted by molar-refractivity contribution is 6.44. The normalized spacial score (nSPS) is 18.6. The summed E-state index contributed by atoms with van der Waals surface area (Å²) in [7, 11) is 0.315. The van der Waals surface area contributed by atoms with Crippen LogP contribution in [0.15, 0.2) is 12.1 Å². The van der Waals surface area contributed by atoms with Gasteiger partial charge >= 0.3 is 7.12 Å². The SMILES string of the molecule is COc1ccc2c(c1C(O)O)OB(O)C[C@@H]2CO. The molecule has 2 rings (SSSR count). The standard InChI is InChI=1S/C11H15BO6/c1-17-8-3-2-7-6(5-13)4-12(16)18-10(7)9(8)11(14)15/h2-3,6,11,13-16H,4-5H2,1H3/t6-/m1/s1. The van der Waals surface area contributed by atoms with Crippen LogP contribution in [-0.4, -0.2) is 41.2 Å². The maximum absolute atomic E-state index is 9.59. The molecule has 18 heavy (non-hydrogen) atoms. The van der Waals surface area contributed by atoms with Crippen LogP contribution in [0, 0.1) is 0 Å². The fraction of sp³-hybridized carbons (Fsp3) is 0.455. The molecule has 1 aliphatic heterocycles. The molecular formula is C11H15BO6. The Hall–Kier alpha value is -1.28.